The molecular formula is C22H24FN3O2. The number of benzene rings is 2. The van der Waals surface area contributed by atoms with E-state index >= 15 is 0 Å². The fourth-order valence-electron chi connectivity index (χ4n) is 3.16. The predicted molar refractivity (Wildman–Crippen MR) is 109 cm³/mol. The van der Waals surface area contributed by atoms with Crippen molar-refractivity contribution in [1.29, 1.82) is 0 Å². The van der Waals surface area contributed by atoms with Gasteiger partial charge in [0.2, 0.25) is 0 Å². The van der Waals surface area contributed by atoms with Crippen molar-refractivity contribution in [3.05, 3.63) is 76.9 Å². The van der Waals surface area contributed by atoms with Crippen LogP contribution in [-0.4, -0.2) is 17.7 Å². The topological polar surface area (TPSA) is 55.3 Å². The minimum atomic E-state index is -0.377. The Bertz CT molecular complexity index is 994. The Kier molecular flexibility index (Phi) is 5.68. The van der Waals surface area contributed by atoms with Crippen LogP contribution in [0.5, 0.6) is 5.75 Å². The van der Waals surface area contributed by atoms with Crippen molar-refractivity contribution in [2.75, 3.05) is 12.4 Å². The third-order valence-corrected chi connectivity index (χ3v) is 4.74. The van der Waals surface area contributed by atoms with Crippen molar-refractivity contribution in [3.8, 4) is 11.4 Å². The Morgan fingerprint density at radius 1 is 1.07 bits per heavy atom. The van der Waals surface area contributed by atoms with Crippen LogP contribution in [0.3, 0.4) is 0 Å². The average molecular weight is 381 g/mol. The molecule has 28 heavy (non-hydrogen) atoms. The maximum absolute atomic E-state index is 13.6. The van der Waals surface area contributed by atoms with E-state index in [4.69, 9.17) is 4.74 Å². The van der Waals surface area contributed by atoms with Gasteiger partial charge in [-0.05, 0) is 74.4 Å². The summed E-state index contributed by atoms with van der Waals surface area (Å²) in [6.07, 6.45) is 0. The van der Waals surface area contributed by atoms with Crippen molar-refractivity contribution >= 4 is 11.7 Å². The number of ether oxygens (including phenoxy) is 1. The van der Waals surface area contributed by atoms with Gasteiger partial charge in [0.05, 0.1) is 7.11 Å². The Balaban J connectivity index is 1.69. The second kappa shape index (κ2) is 8.17. The van der Waals surface area contributed by atoms with Gasteiger partial charge in [0, 0.05) is 29.3 Å². The van der Waals surface area contributed by atoms with Crippen molar-refractivity contribution < 1.29 is 13.9 Å². The van der Waals surface area contributed by atoms with E-state index in [9.17, 15) is 9.18 Å². The van der Waals surface area contributed by atoms with E-state index < -0.39 is 0 Å². The molecule has 0 saturated carbocycles. The van der Waals surface area contributed by atoms with E-state index in [1.165, 1.54) is 6.07 Å². The number of aryl methyl sites for hydroxylation is 2. The Labute approximate surface area is 164 Å². The molecule has 2 aromatic carbocycles. The Hall–Kier alpha value is -3.28. The summed E-state index contributed by atoms with van der Waals surface area (Å²) in [5, 5.41) is 5.48. The van der Waals surface area contributed by atoms with Crippen LogP contribution in [0.4, 0.5) is 14.9 Å². The number of carbonyl (C=O) groups excluding carboxylic acids is 1. The molecule has 1 heterocycles. The minimum absolute atomic E-state index is 0.346. The van der Waals surface area contributed by atoms with E-state index in [-0.39, 0.29) is 11.8 Å². The second-order valence-corrected chi connectivity index (χ2v) is 6.70. The molecule has 0 atom stereocenters. The Morgan fingerprint density at radius 3 is 2.43 bits per heavy atom. The normalized spacial score (nSPS) is 10.6. The lowest BCUT2D eigenvalue weighted by Gasteiger charge is -2.11. The van der Waals surface area contributed by atoms with Crippen molar-refractivity contribution in [2.24, 2.45) is 0 Å². The number of hydrogen-bond acceptors (Lipinski definition) is 2. The monoisotopic (exact) mass is 381 g/mol. The first-order valence-corrected chi connectivity index (χ1v) is 9.02. The highest BCUT2D eigenvalue weighted by Gasteiger charge is 2.12. The molecule has 0 saturated heterocycles. The number of halogens is 1. The first-order chi connectivity index (χ1) is 13.4. The third kappa shape index (κ3) is 4.17. The van der Waals surface area contributed by atoms with Gasteiger partial charge in [-0.1, -0.05) is 6.07 Å². The molecule has 0 unspecified atom stereocenters. The molecule has 0 aliphatic heterocycles. The number of nitrogens with one attached hydrogen (secondary N) is 2. The number of hydrogen-bond donors (Lipinski definition) is 2. The summed E-state index contributed by atoms with van der Waals surface area (Å²) in [7, 11) is 1.64. The fraction of sp³-hybridized carbons (Fsp3) is 0.227. The summed E-state index contributed by atoms with van der Waals surface area (Å²) in [6, 6.07) is 14.1. The number of anilines is 1. The van der Waals surface area contributed by atoms with Crippen LogP contribution in [0, 0.1) is 26.6 Å². The highest BCUT2D eigenvalue weighted by Crippen LogP contribution is 2.23. The maximum Gasteiger partial charge on any atom is 0.319 e. The van der Waals surface area contributed by atoms with Gasteiger partial charge < -0.3 is 19.9 Å². The standard InChI is InChI=1S/C22H24FN3O2/c1-14-5-6-18(12-21(14)23)25-22(27)24-13-17-11-15(2)26(16(17)3)19-7-9-20(28-4)10-8-19/h5-12H,13H2,1-4H3,(H2,24,25,27). The van der Waals surface area contributed by atoms with Gasteiger partial charge >= 0.3 is 6.03 Å². The highest BCUT2D eigenvalue weighted by atomic mass is 19.1. The smallest absolute Gasteiger partial charge is 0.319 e. The quantitative estimate of drug-likeness (QED) is 0.662. The second-order valence-electron chi connectivity index (χ2n) is 6.70. The van der Waals surface area contributed by atoms with Crippen LogP contribution in [0.2, 0.25) is 0 Å². The van der Waals surface area contributed by atoms with Crippen LogP contribution in [0.1, 0.15) is 22.5 Å². The van der Waals surface area contributed by atoms with E-state index in [1.54, 1.807) is 26.2 Å². The van der Waals surface area contributed by atoms with Crippen LogP contribution in [-0.2, 0) is 6.54 Å². The SMILES string of the molecule is COc1ccc(-n2c(C)cc(CNC(=O)Nc3ccc(C)c(F)c3)c2C)cc1. The first kappa shape index (κ1) is 19.5. The lowest BCUT2D eigenvalue weighted by atomic mass is 10.2. The maximum atomic E-state index is 13.6. The molecule has 146 valence electrons. The molecule has 0 spiro atoms. The molecule has 6 heteroatoms. The molecular weight excluding hydrogens is 357 g/mol. The van der Waals surface area contributed by atoms with E-state index in [1.807, 2.05) is 44.2 Å². The molecule has 1 aromatic heterocycles. The molecule has 0 aliphatic rings. The van der Waals surface area contributed by atoms with E-state index in [0.717, 1.165) is 28.4 Å². The zero-order valence-electron chi connectivity index (χ0n) is 16.5. The van der Waals surface area contributed by atoms with E-state index in [0.29, 0.717) is 17.8 Å². The number of nitrogens with zero attached hydrogens (tertiary/aromatic N) is 1. The first-order valence-electron chi connectivity index (χ1n) is 9.02. The van der Waals surface area contributed by atoms with Gasteiger partial charge in [0.1, 0.15) is 11.6 Å². The summed E-state index contributed by atoms with van der Waals surface area (Å²) < 4.78 is 20.9. The molecule has 3 aromatic rings. The molecule has 0 bridgehead atoms. The van der Waals surface area contributed by atoms with Crippen LogP contribution in [0.15, 0.2) is 48.5 Å². The number of rotatable bonds is 5. The molecule has 5 nitrogen and oxygen atoms in total. The van der Waals surface area contributed by atoms with Gasteiger partial charge in [-0.3, -0.25) is 0 Å². The molecule has 0 aliphatic carbocycles. The largest absolute Gasteiger partial charge is 0.497 e. The number of aromatic nitrogens is 1. The van der Waals surface area contributed by atoms with Crippen LogP contribution < -0.4 is 15.4 Å². The summed E-state index contributed by atoms with van der Waals surface area (Å²) in [4.78, 5) is 12.2. The summed E-state index contributed by atoms with van der Waals surface area (Å²) in [5.74, 6) is 0.457. The van der Waals surface area contributed by atoms with Crippen molar-refractivity contribution in [3.63, 3.8) is 0 Å². The number of urea groups is 1. The van der Waals surface area contributed by atoms with Gasteiger partial charge in [-0.25, -0.2) is 9.18 Å². The minimum Gasteiger partial charge on any atom is -0.497 e. The summed E-state index contributed by atoms with van der Waals surface area (Å²) >= 11 is 0. The van der Waals surface area contributed by atoms with Crippen LogP contribution >= 0.6 is 0 Å². The molecule has 2 amide bonds. The van der Waals surface area contributed by atoms with Gasteiger partial charge in [0.25, 0.3) is 0 Å². The zero-order chi connectivity index (χ0) is 20.3. The zero-order valence-corrected chi connectivity index (χ0v) is 16.5. The number of methoxy groups -OCH3 is 1. The summed E-state index contributed by atoms with van der Waals surface area (Å²) in [6.45, 7) is 6.09. The predicted octanol–water partition coefficient (Wildman–Crippen LogP) is 4.87. The van der Waals surface area contributed by atoms with E-state index in [2.05, 4.69) is 15.2 Å². The third-order valence-electron chi connectivity index (χ3n) is 4.74. The van der Waals surface area contributed by atoms with Gasteiger partial charge in [-0.15, -0.1) is 0 Å². The number of amides is 2. The molecule has 0 fully saturated rings. The van der Waals surface area contributed by atoms with Crippen LogP contribution in [0.25, 0.3) is 5.69 Å². The highest BCUT2D eigenvalue weighted by molar-refractivity contribution is 5.89. The van der Waals surface area contributed by atoms with Crippen molar-refractivity contribution in [1.82, 2.24) is 9.88 Å². The Morgan fingerprint density at radius 2 is 1.79 bits per heavy atom. The molecule has 0 radical (unpaired) electrons. The van der Waals surface area contributed by atoms with Gasteiger partial charge in [-0.2, -0.15) is 0 Å². The fourth-order valence-corrected chi connectivity index (χ4v) is 3.16. The molecule has 3 rings (SSSR count). The average Bonchev–Trinajstić information content (AvgIpc) is 2.96. The summed E-state index contributed by atoms with van der Waals surface area (Å²) in [5.41, 5.74) is 5.12. The number of carbonyl (C=O) groups is 1. The van der Waals surface area contributed by atoms with Gasteiger partial charge in [0.15, 0.2) is 0 Å². The van der Waals surface area contributed by atoms with Crippen molar-refractivity contribution in [2.45, 2.75) is 27.3 Å². The lowest BCUT2D eigenvalue weighted by molar-refractivity contribution is 0.251. The lowest BCUT2D eigenvalue weighted by Crippen LogP contribution is -2.28. The molecule has 2 N–H and O–H groups in total.